The Morgan fingerprint density at radius 3 is 2.71 bits per heavy atom. The van der Waals surface area contributed by atoms with Gasteiger partial charge in [-0.25, -0.2) is 9.07 Å². The van der Waals surface area contributed by atoms with Crippen LogP contribution in [0.15, 0.2) is 30.5 Å². The van der Waals surface area contributed by atoms with Gasteiger partial charge in [0, 0.05) is 19.1 Å². The Kier molecular flexibility index (Phi) is 5.96. The molecule has 7 heteroatoms. The molecule has 1 N–H and O–H groups in total. The van der Waals surface area contributed by atoms with Crippen LogP contribution in [0, 0.1) is 12.7 Å². The minimum atomic E-state index is -0.290. The molecule has 5 nitrogen and oxygen atoms in total. The number of likely N-dealkylation sites (tertiary alicyclic amines) is 1. The molecule has 1 saturated heterocycles. The third-order valence-electron chi connectivity index (χ3n) is 4.43. The normalized spacial score (nSPS) is 17.5. The van der Waals surface area contributed by atoms with E-state index in [9.17, 15) is 9.18 Å². The zero-order valence-corrected chi connectivity index (χ0v) is 14.6. The number of aromatic nitrogens is 2. The molecule has 1 aliphatic heterocycles. The second-order valence-electron chi connectivity index (χ2n) is 5.91. The number of nitrogens with one attached hydrogen (secondary N) is 1. The van der Waals surface area contributed by atoms with Crippen LogP contribution in [-0.4, -0.2) is 46.8 Å². The summed E-state index contributed by atoms with van der Waals surface area (Å²) < 4.78 is 14.7. The molecule has 2 heterocycles. The Bertz CT molecular complexity index is 701. The second kappa shape index (κ2) is 7.77. The van der Waals surface area contributed by atoms with Gasteiger partial charge in [-0.2, -0.15) is 5.10 Å². The standard InChI is InChI=1S/C17H21FN4O.ClH/c1-12-16(17(23)21-9-3-4-14(11-21)19-2)10-20-22(12)15-7-5-13(18)6-8-15;/h5-8,10,14,19H,3-4,9,11H2,1-2H3;1H. The Morgan fingerprint density at radius 1 is 1.33 bits per heavy atom. The molecule has 0 spiro atoms. The molecule has 0 aliphatic carbocycles. The Balaban J connectivity index is 0.00000208. The molecular weight excluding hydrogens is 331 g/mol. The van der Waals surface area contributed by atoms with Gasteiger partial charge >= 0.3 is 0 Å². The first kappa shape index (κ1) is 18.4. The van der Waals surface area contributed by atoms with Crippen molar-refractivity contribution < 1.29 is 9.18 Å². The van der Waals surface area contributed by atoms with E-state index in [0.29, 0.717) is 11.6 Å². The van der Waals surface area contributed by atoms with Gasteiger partial charge in [0.15, 0.2) is 0 Å². The number of benzene rings is 1. The van der Waals surface area contributed by atoms with E-state index in [1.165, 1.54) is 12.1 Å². The van der Waals surface area contributed by atoms with Crippen molar-refractivity contribution in [1.82, 2.24) is 20.0 Å². The highest BCUT2D eigenvalue weighted by molar-refractivity contribution is 5.95. The van der Waals surface area contributed by atoms with Gasteiger partial charge in [0.25, 0.3) is 5.91 Å². The minimum Gasteiger partial charge on any atom is -0.337 e. The number of piperidine rings is 1. The number of carbonyl (C=O) groups excluding carboxylic acids is 1. The third-order valence-corrected chi connectivity index (χ3v) is 4.43. The number of halogens is 2. The molecule has 130 valence electrons. The van der Waals surface area contributed by atoms with E-state index in [2.05, 4.69) is 10.4 Å². The highest BCUT2D eigenvalue weighted by Crippen LogP contribution is 2.19. The van der Waals surface area contributed by atoms with Crippen molar-refractivity contribution in [3.63, 3.8) is 0 Å². The summed E-state index contributed by atoms with van der Waals surface area (Å²) in [6.45, 7) is 3.36. The first-order chi connectivity index (χ1) is 11.1. The molecule has 0 radical (unpaired) electrons. The van der Waals surface area contributed by atoms with E-state index < -0.39 is 0 Å². The zero-order chi connectivity index (χ0) is 16.4. The van der Waals surface area contributed by atoms with Crippen molar-refractivity contribution in [1.29, 1.82) is 0 Å². The van der Waals surface area contributed by atoms with Crippen molar-refractivity contribution >= 4 is 18.3 Å². The maximum atomic E-state index is 13.1. The van der Waals surface area contributed by atoms with Gasteiger partial charge in [-0.15, -0.1) is 12.4 Å². The first-order valence-corrected chi connectivity index (χ1v) is 7.87. The quantitative estimate of drug-likeness (QED) is 0.923. The van der Waals surface area contributed by atoms with Crippen LogP contribution >= 0.6 is 12.4 Å². The topological polar surface area (TPSA) is 50.2 Å². The van der Waals surface area contributed by atoms with Crippen LogP contribution in [-0.2, 0) is 0 Å². The molecule has 1 aromatic heterocycles. The van der Waals surface area contributed by atoms with Crippen LogP contribution in [0.2, 0.25) is 0 Å². The van der Waals surface area contributed by atoms with Gasteiger partial charge in [0.1, 0.15) is 5.82 Å². The number of likely N-dealkylation sites (N-methyl/N-ethyl adjacent to an activating group) is 1. The van der Waals surface area contributed by atoms with Gasteiger partial charge in [-0.3, -0.25) is 4.79 Å². The zero-order valence-electron chi connectivity index (χ0n) is 13.8. The number of carbonyl (C=O) groups is 1. The lowest BCUT2D eigenvalue weighted by Crippen LogP contribution is -2.47. The maximum Gasteiger partial charge on any atom is 0.257 e. The molecule has 1 aliphatic rings. The molecule has 1 fully saturated rings. The Morgan fingerprint density at radius 2 is 2.04 bits per heavy atom. The van der Waals surface area contributed by atoms with E-state index in [4.69, 9.17) is 0 Å². The largest absolute Gasteiger partial charge is 0.337 e. The van der Waals surface area contributed by atoms with Crippen molar-refractivity contribution in [2.75, 3.05) is 20.1 Å². The predicted molar refractivity (Wildman–Crippen MR) is 93.5 cm³/mol. The van der Waals surface area contributed by atoms with Crippen LogP contribution in [0.5, 0.6) is 0 Å². The van der Waals surface area contributed by atoms with E-state index in [-0.39, 0.29) is 24.1 Å². The highest BCUT2D eigenvalue weighted by Gasteiger charge is 2.26. The summed E-state index contributed by atoms with van der Waals surface area (Å²) in [4.78, 5) is 14.6. The molecule has 0 saturated carbocycles. The molecule has 24 heavy (non-hydrogen) atoms. The molecule has 3 rings (SSSR count). The Hall–Kier alpha value is -1.92. The summed E-state index contributed by atoms with van der Waals surface area (Å²) in [5.74, 6) is -0.280. The van der Waals surface area contributed by atoms with Crippen molar-refractivity contribution in [2.24, 2.45) is 0 Å². The summed E-state index contributed by atoms with van der Waals surface area (Å²) in [6.07, 6.45) is 3.69. The predicted octanol–water partition coefficient (Wildman–Crippen LogP) is 2.57. The molecule has 1 atom stereocenters. The molecule has 2 aromatic rings. The Labute approximate surface area is 147 Å². The summed E-state index contributed by atoms with van der Waals surface area (Å²) >= 11 is 0. The van der Waals surface area contributed by atoms with E-state index in [0.717, 1.165) is 37.3 Å². The lowest BCUT2D eigenvalue weighted by atomic mass is 10.0. The lowest BCUT2D eigenvalue weighted by molar-refractivity contribution is 0.0697. The molecular formula is C17H22ClFN4O. The summed E-state index contributed by atoms with van der Waals surface area (Å²) in [5.41, 5.74) is 2.12. The van der Waals surface area contributed by atoms with Gasteiger partial charge in [-0.05, 0) is 51.1 Å². The molecule has 1 aromatic carbocycles. The number of amides is 1. The summed E-state index contributed by atoms with van der Waals surface area (Å²) in [5, 5.41) is 7.54. The highest BCUT2D eigenvalue weighted by atomic mass is 35.5. The molecule has 0 bridgehead atoms. The van der Waals surface area contributed by atoms with Gasteiger partial charge in [0.05, 0.1) is 23.1 Å². The van der Waals surface area contributed by atoms with Gasteiger partial charge in [0.2, 0.25) is 0 Å². The van der Waals surface area contributed by atoms with E-state index in [1.807, 2.05) is 18.9 Å². The SMILES string of the molecule is CNC1CCCN(C(=O)c2cnn(-c3ccc(F)cc3)c2C)C1.Cl. The van der Waals surface area contributed by atoms with Gasteiger partial charge in [-0.1, -0.05) is 0 Å². The van der Waals surface area contributed by atoms with E-state index in [1.54, 1.807) is 23.0 Å². The number of hydrogen-bond donors (Lipinski definition) is 1. The molecule has 1 amide bonds. The second-order valence-corrected chi connectivity index (χ2v) is 5.91. The summed E-state index contributed by atoms with van der Waals surface area (Å²) in [6, 6.07) is 6.43. The molecule has 1 unspecified atom stereocenters. The van der Waals surface area contributed by atoms with Gasteiger partial charge < -0.3 is 10.2 Å². The average molecular weight is 353 g/mol. The van der Waals surface area contributed by atoms with Crippen molar-refractivity contribution in [3.05, 3.63) is 47.5 Å². The van der Waals surface area contributed by atoms with Crippen LogP contribution < -0.4 is 5.32 Å². The fraction of sp³-hybridized carbons (Fsp3) is 0.412. The maximum absolute atomic E-state index is 13.1. The van der Waals surface area contributed by atoms with Crippen LogP contribution in [0.4, 0.5) is 4.39 Å². The van der Waals surface area contributed by atoms with Crippen molar-refractivity contribution in [3.8, 4) is 5.69 Å². The fourth-order valence-corrected chi connectivity index (χ4v) is 3.03. The van der Waals surface area contributed by atoms with Crippen molar-refractivity contribution in [2.45, 2.75) is 25.8 Å². The third kappa shape index (κ3) is 3.60. The summed E-state index contributed by atoms with van der Waals surface area (Å²) in [7, 11) is 1.93. The van der Waals surface area contributed by atoms with Crippen LogP contribution in [0.3, 0.4) is 0 Å². The average Bonchev–Trinajstić information content (AvgIpc) is 2.96. The number of nitrogens with zero attached hydrogens (tertiary/aromatic N) is 3. The lowest BCUT2D eigenvalue weighted by Gasteiger charge is -2.32. The minimum absolute atomic E-state index is 0. The monoisotopic (exact) mass is 352 g/mol. The smallest absolute Gasteiger partial charge is 0.257 e. The fourth-order valence-electron chi connectivity index (χ4n) is 3.03. The number of hydrogen-bond acceptors (Lipinski definition) is 3. The first-order valence-electron chi connectivity index (χ1n) is 7.87. The van der Waals surface area contributed by atoms with E-state index >= 15 is 0 Å². The van der Waals surface area contributed by atoms with Crippen LogP contribution in [0.25, 0.3) is 5.69 Å². The van der Waals surface area contributed by atoms with Crippen LogP contribution in [0.1, 0.15) is 28.9 Å². The number of rotatable bonds is 3.